The Kier molecular flexibility index (Phi) is 4.52. The molecule has 144 valence electrons. The van der Waals surface area contributed by atoms with E-state index >= 15 is 0 Å². The van der Waals surface area contributed by atoms with Crippen LogP contribution in [-0.2, 0) is 10.0 Å². The zero-order chi connectivity index (χ0) is 19.9. The second-order valence-electron chi connectivity index (χ2n) is 6.02. The standard InChI is InChI=1S/C18H15FN4O3S2/c1-11-3-8-15(26-2)16(9-11)28(24,25)22-17-20-18-23(21-17)14(10-27-18)12-4-6-13(19)7-5-12/h3-10H,1-2H3,(H,21,22). The van der Waals surface area contributed by atoms with Crippen LogP contribution in [0.5, 0.6) is 5.75 Å². The maximum Gasteiger partial charge on any atom is 0.267 e. The van der Waals surface area contributed by atoms with Crippen LogP contribution in [0.1, 0.15) is 5.56 Å². The van der Waals surface area contributed by atoms with E-state index < -0.39 is 10.0 Å². The minimum absolute atomic E-state index is 0.00640. The van der Waals surface area contributed by atoms with Crippen LogP contribution in [0.3, 0.4) is 0 Å². The van der Waals surface area contributed by atoms with E-state index in [2.05, 4.69) is 14.8 Å². The highest BCUT2D eigenvalue weighted by molar-refractivity contribution is 7.92. The largest absolute Gasteiger partial charge is 0.495 e. The first-order valence-electron chi connectivity index (χ1n) is 8.15. The summed E-state index contributed by atoms with van der Waals surface area (Å²) in [4.78, 5) is 4.74. The van der Waals surface area contributed by atoms with Crippen LogP contribution in [-0.4, -0.2) is 30.1 Å². The lowest BCUT2D eigenvalue weighted by molar-refractivity contribution is 0.402. The summed E-state index contributed by atoms with van der Waals surface area (Å²) in [6.45, 7) is 1.79. The van der Waals surface area contributed by atoms with E-state index in [1.165, 1.54) is 41.2 Å². The Labute approximate surface area is 164 Å². The average molecular weight is 418 g/mol. The molecule has 2 aromatic carbocycles. The van der Waals surface area contributed by atoms with Crippen LogP contribution < -0.4 is 9.46 Å². The molecule has 0 atom stereocenters. The minimum atomic E-state index is -3.95. The number of halogens is 1. The Bertz CT molecular complexity index is 1260. The molecule has 4 aromatic rings. The summed E-state index contributed by atoms with van der Waals surface area (Å²) < 4.78 is 47.9. The second kappa shape index (κ2) is 6.88. The summed E-state index contributed by atoms with van der Waals surface area (Å²) in [6, 6.07) is 10.8. The lowest BCUT2D eigenvalue weighted by atomic mass is 10.2. The van der Waals surface area contributed by atoms with Crippen molar-refractivity contribution in [1.29, 1.82) is 0 Å². The summed E-state index contributed by atoms with van der Waals surface area (Å²) in [6.07, 6.45) is 0. The normalized spacial score (nSPS) is 11.7. The molecular weight excluding hydrogens is 403 g/mol. The zero-order valence-corrected chi connectivity index (χ0v) is 16.5. The van der Waals surface area contributed by atoms with E-state index in [1.807, 2.05) is 5.38 Å². The molecule has 2 aromatic heterocycles. The number of aromatic nitrogens is 3. The van der Waals surface area contributed by atoms with Crippen molar-refractivity contribution in [3.8, 4) is 17.0 Å². The third kappa shape index (κ3) is 3.32. The predicted octanol–water partition coefficient (Wildman–Crippen LogP) is 3.71. The Morgan fingerprint density at radius 2 is 1.93 bits per heavy atom. The predicted molar refractivity (Wildman–Crippen MR) is 105 cm³/mol. The van der Waals surface area contributed by atoms with Gasteiger partial charge in [0.1, 0.15) is 16.5 Å². The molecule has 0 spiro atoms. The van der Waals surface area contributed by atoms with Gasteiger partial charge < -0.3 is 4.74 Å². The zero-order valence-electron chi connectivity index (χ0n) is 14.9. The van der Waals surface area contributed by atoms with Crippen LogP contribution in [0.4, 0.5) is 10.3 Å². The molecule has 4 rings (SSSR count). The van der Waals surface area contributed by atoms with Crippen molar-refractivity contribution in [3.63, 3.8) is 0 Å². The van der Waals surface area contributed by atoms with E-state index in [0.717, 1.165) is 11.1 Å². The number of ether oxygens (including phenoxy) is 1. The maximum absolute atomic E-state index is 13.2. The molecule has 2 heterocycles. The molecule has 28 heavy (non-hydrogen) atoms. The molecule has 10 heteroatoms. The van der Waals surface area contributed by atoms with Crippen LogP contribution in [0.25, 0.3) is 16.2 Å². The molecule has 0 aliphatic heterocycles. The first-order chi connectivity index (χ1) is 13.4. The summed E-state index contributed by atoms with van der Waals surface area (Å²) in [5, 5.41) is 6.08. The fraction of sp³-hybridized carbons (Fsp3) is 0.111. The van der Waals surface area contributed by atoms with Crippen molar-refractivity contribution in [1.82, 2.24) is 14.6 Å². The van der Waals surface area contributed by atoms with Gasteiger partial charge in [0.05, 0.1) is 12.8 Å². The smallest absolute Gasteiger partial charge is 0.267 e. The highest BCUT2D eigenvalue weighted by Crippen LogP contribution is 2.29. The van der Waals surface area contributed by atoms with Crippen molar-refractivity contribution >= 4 is 32.3 Å². The number of thiazole rings is 1. The van der Waals surface area contributed by atoms with E-state index in [4.69, 9.17) is 4.74 Å². The molecule has 7 nitrogen and oxygen atoms in total. The van der Waals surface area contributed by atoms with Crippen molar-refractivity contribution in [2.75, 3.05) is 11.8 Å². The van der Waals surface area contributed by atoms with Crippen molar-refractivity contribution in [3.05, 3.63) is 59.2 Å². The van der Waals surface area contributed by atoms with Gasteiger partial charge in [0.2, 0.25) is 4.96 Å². The topological polar surface area (TPSA) is 85.6 Å². The number of fused-ring (bicyclic) bond motifs is 1. The van der Waals surface area contributed by atoms with Crippen molar-refractivity contribution in [2.24, 2.45) is 0 Å². The van der Waals surface area contributed by atoms with E-state index in [1.54, 1.807) is 31.2 Å². The molecule has 0 saturated carbocycles. The Morgan fingerprint density at radius 1 is 1.18 bits per heavy atom. The molecule has 0 amide bonds. The Balaban J connectivity index is 1.71. The quantitative estimate of drug-likeness (QED) is 0.534. The molecule has 1 N–H and O–H groups in total. The fourth-order valence-electron chi connectivity index (χ4n) is 2.71. The number of anilines is 1. The highest BCUT2D eigenvalue weighted by atomic mass is 32.2. The van der Waals surface area contributed by atoms with E-state index in [0.29, 0.717) is 10.7 Å². The third-order valence-corrected chi connectivity index (χ3v) is 6.22. The van der Waals surface area contributed by atoms with Crippen LogP contribution in [0.15, 0.2) is 52.7 Å². The molecule has 0 fully saturated rings. The molecule has 0 saturated heterocycles. The van der Waals surface area contributed by atoms with Gasteiger partial charge in [-0.3, -0.25) is 0 Å². The Hall–Kier alpha value is -2.98. The lowest BCUT2D eigenvalue weighted by Crippen LogP contribution is -2.15. The number of nitrogens with one attached hydrogen (secondary N) is 1. The number of sulfonamides is 1. The molecule has 0 radical (unpaired) electrons. The van der Waals surface area contributed by atoms with Gasteiger partial charge in [-0.05, 0) is 48.9 Å². The summed E-state index contributed by atoms with van der Waals surface area (Å²) in [7, 11) is -2.54. The molecule has 0 aliphatic rings. The molecular formula is C18H15FN4O3S2. The maximum atomic E-state index is 13.2. The average Bonchev–Trinajstić information content (AvgIpc) is 3.22. The van der Waals surface area contributed by atoms with Gasteiger partial charge in [-0.1, -0.05) is 6.07 Å². The van der Waals surface area contributed by atoms with Gasteiger partial charge >= 0.3 is 0 Å². The van der Waals surface area contributed by atoms with Gasteiger partial charge in [0.15, 0.2) is 0 Å². The van der Waals surface area contributed by atoms with Crippen LogP contribution in [0, 0.1) is 12.7 Å². The third-order valence-electron chi connectivity index (χ3n) is 4.06. The molecule has 0 bridgehead atoms. The van der Waals surface area contributed by atoms with Crippen LogP contribution >= 0.6 is 11.3 Å². The van der Waals surface area contributed by atoms with Gasteiger partial charge in [0, 0.05) is 10.9 Å². The minimum Gasteiger partial charge on any atom is -0.495 e. The SMILES string of the molecule is COc1ccc(C)cc1S(=O)(=O)Nc1nc2scc(-c3ccc(F)cc3)n2n1. The molecule has 0 unspecified atom stereocenters. The number of nitrogens with zero attached hydrogens (tertiary/aromatic N) is 3. The number of methoxy groups -OCH3 is 1. The first kappa shape index (κ1) is 18.4. The van der Waals surface area contributed by atoms with Crippen molar-refractivity contribution in [2.45, 2.75) is 11.8 Å². The highest BCUT2D eigenvalue weighted by Gasteiger charge is 2.22. The summed E-state index contributed by atoms with van der Waals surface area (Å²) in [5.41, 5.74) is 2.21. The van der Waals surface area contributed by atoms with E-state index in [-0.39, 0.29) is 22.4 Å². The number of hydrogen-bond donors (Lipinski definition) is 1. The van der Waals surface area contributed by atoms with Gasteiger partial charge in [-0.2, -0.15) is 4.98 Å². The second-order valence-corrected chi connectivity index (χ2v) is 8.50. The number of aryl methyl sites for hydroxylation is 1. The number of rotatable bonds is 5. The lowest BCUT2D eigenvalue weighted by Gasteiger charge is -2.10. The monoisotopic (exact) mass is 418 g/mol. The summed E-state index contributed by atoms with van der Waals surface area (Å²) >= 11 is 1.30. The molecule has 0 aliphatic carbocycles. The Morgan fingerprint density at radius 3 is 2.64 bits per heavy atom. The van der Waals surface area contributed by atoms with Crippen LogP contribution in [0.2, 0.25) is 0 Å². The number of benzene rings is 2. The fourth-order valence-corrected chi connectivity index (χ4v) is 4.74. The van der Waals surface area contributed by atoms with Gasteiger partial charge in [-0.15, -0.1) is 16.4 Å². The van der Waals surface area contributed by atoms with E-state index in [9.17, 15) is 12.8 Å². The van der Waals surface area contributed by atoms with Crippen molar-refractivity contribution < 1.29 is 17.5 Å². The summed E-state index contributed by atoms with van der Waals surface area (Å²) in [5.74, 6) is -0.167. The first-order valence-corrected chi connectivity index (χ1v) is 10.5. The van der Waals surface area contributed by atoms with Gasteiger partial charge in [-0.25, -0.2) is 22.0 Å². The van der Waals surface area contributed by atoms with Gasteiger partial charge in [0.25, 0.3) is 16.0 Å². The number of hydrogen-bond acceptors (Lipinski definition) is 6.